The van der Waals surface area contributed by atoms with Crippen LogP contribution in [0.1, 0.15) is 48.5 Å². The van der Waals surface area contributed by atoms with Crippen molar-refractivity contribution in [2.45, 2.75) is 71.4 Å². The molecule has 0 aromatic rings. The summed E-state index contributed by atoms with van der Waals surface area (Å²) in [5.74, 6) is 0.751. The van der Waals surface area contributed by atoms with Crippen molar-refractivity contribution in [3.63, 3.8) is 0 Å². The Hall–Kier alpha value is -0.363. The fourth-order valence-corrected chi connectivity index (χ4v) is 8.63. The molecule has 0 amide bonds. The van der Waals surface area contributed by atoms with Crippen LogP contribution in [0, 0.1) is 0 Å². The zero-order chi connectivity index (χ0) is 17.3. The van der Waals surface area contributed by atoms with E-state index in [-0.39, 0.29) is 0 Å². The Morgan fingerprint density at radius 1 is 0.909 bits per heavy atom. The van der Waals surface area contributed by atoms with E-state index in [1.165, 1.54) is 0 Å². The molecule has 0 saturated carbocycles. The zero-order valence-electron chi connectivity index (χ0n) is 15.9. The van der Waals surface area contributed by atoms with Gasteiger partial charge in [0, 0.05) is 20.8 Å². The Bertz CT molecular complexity index is 301. The molecule has 0 bridgehead atoms. The average Bonchev–Trinajstić information content (AvgIpc) is 2.44. The highest BCUT2D eigenvalue weighted by atomic mass is 28.4. The highest BCUT2D eigenvalue weighted by molar-refractivity contribution is 6.77. The molecule has 0 aliphatic rings. The molecule has 0 N–H and O–H groups in total. The molecule has 0 aliphatic heterocycles. The minimum atomic E-state index is -2.03. The first-order chi connectivity index (χ1) is 10.3. The lowest BCUT2D eigenvalue weighted by Crippen LogP contribution is -2.48. The molecule has 0 aromatic heterocycles. The second-order valence-electron chi connectivity index (χ2n) is 6.49. The second kappa shape index (κ2) is 10.4. The molecule has 0 heterocycles. The Balaban J connectivity index is 5.57. The lowest BCUT2D eigenvalue weighted by atomic mass is 10.4. The van der Waals surface area contributed by atoms with E-state index in [0.29, 0.717) is 29.8 Å². The number of ether oxygens (including phenoxy) is 3. The maximum absolute atomic E-state index is 6.68. The standard InChI is InChI=1S/C17H36O4Si/c1-10-20-12-11-16(17(18-8)19-9)21-22(13(2)3,14(4)5)15(6)7/h11,13-15,17H,10,12H2,1-9H3/b16-11-. The van der Waals surface area contributed by atoms with Gasteiger partial charge in [0.1, 0.15) is 5.76 Å². The molecule has 0 rings (SSSR count). The Morgan fingerprint density at radius 2 is 1.36 bits per heavy atom. The Labute approximate surface area is 138 Å². The van der Waals surface area contributed by atoms with Gasteiger partial charge in [-0.15, -0.1) is 0 Å². The van der Waals surface area contributed by atoms with Gasteiger partial charge in [0.05, 0.1) is 6.61 Å². The first-order valence-corrected chi connectivity index (χ1v) is 10.4. The summed E-state index contributed by atoms with van der Waals surface area (Å²) in [5, 5.41) is 0. The van der Waals surface area contributed by atoms with Gasteiger partial charge in [-0.25, -0.2) is 0 Å². The number of hydrogen-bond acceptors (Lipinski definition) is 4. The fourth-order valence-electron chi connectivity index (χ4n) is 3.33. The van der Waals surface area contributed by atoms with Gasteiger partial charge in [-0.05, 0) is 29.6 Å². The topological polar surface area (TPSA) is 36.9 Å². The molecule has 0 unspecified atom stereocenters. The van der Waals surface area contributed by atoms with Crippen molar-refractivity contribution in [3.05, 3.63) is 11.8 Å². The largest absolute Gasteiger partial charge is 0.542 e. The third kappa shape index (κ3) is 5.37. The monoisotopic (exact) mass is 332 g/mol. The molecule has 0 saturated heterocycles. The van der Waals surface area contributed by atoms with Crippen molar-refractivity contribution in [1.82, 2.24) is 0 Å². The van der Waals surface area contributed by atoms with Crippen LogP contribution in [0.3, 0.4) is 0 Å². The summed E-state index contributed by atoms with van der Waals surface area (Å²) in [5.41, 5.74) is 1.49. The van der Waals surface area contributed by atoms with Crippen molar-refractivity contribution < 1.29 is 18.6 Å². The smallest absolute Gasteiger partial charge is 0.258 e. The molecule has 4 nitrogen and oxygen atoms in total. The summed E-state index contributed by atoms with van der Waals surface area (Å²) >= 11 is 0. The van der Waals surface area contributed by atoms with E-state index < -0.39 is 14.6 Å². The molecular weight excluding hydrogens is 296 g/mol. The maximum atomic E-state index is 6.68. The van der Waals surface area contributed by atoms with E-state index in [1.54, 1.807) is 14.2 Å². The van der Waals surface area contributed by atoms with Crippen LogP contribution in [0.2, 0.25) is 16.6 Å². The Kier molecular flexibility index (Phi) is 10.2. The minimum absolute atomic E-state index is 0.483. The molecule has 0 spiro atoms. The number of methoxy groups -OCH3 is 2. The van der Waals surface area contributed by atoms with Gasteiger partial charge in [0.15, 0.2) is 0 Å². The lowest BCUT2D eigenvalue weighted by Gasteiger charge is -2.43. The van der Waals surface area contributed by atoms with Crippen molar-refractivity contribution in [2.75, 3.05) is 27.4 Å². The summed E-state index contributed by atoms with van der Waals surface area (Å²) in [4.78, 5) is 0. The van der Waals surface area contributed by atoms with Gasteiger partial charge in [0.2, 0.25) is 6.29 Å². The summed E-state index contributed by atoms with van der Waals surface area (Å²) in [6, 6.07) is 0. The third-order valence-corrected chi connectivity index (χ3v) is 10.3. The van der Waals surface area contributed by atoms with Crippen LogP contribution in [-0.2, 0) is 18.6 Å². The van der Waals surface area contributed by atoms with Crippen LogP contribution in [0.15, 0.2) is 11.8 Å². The third-order valence-electron chi connectivity index (χ3n) is 4.27. The van der Waals surface area contributed by atoms with Gasteiger partial charge in [0.25, 0.3) is 8.32 Å². The average molecular weight is 333 g/mol. The van der Waals surface area contributed by atoms with Crippen LogP contribution in [0.4, 0.5) is 0 Å². The second-order valence-corrected chi connectivity index (χ2v) is 11.9. The van der Waals surface area contributed by atoms with E-state index in [2.05, 4.69) is 41.5 Å². The minimum Gasteiger partial charge on any atom is -0.542 e. The van der Waals surface area contributed by atoms with Crippen molar-refractivity contribution in [3.8, 4) is 0 Å². The van der Waals surface area contributed by atoms with Crippen molar-refractivity contribution >= 4 is 8.32 Å². The molecule has 0 fully saturated rings. The molecule has 0 atom stereocenters. The van der Waals surface area contributed by atoms with E-state index >= 15 is 0 Å². The van der Waals surface area contributed by atoms with E-state index in [9.17, 15) is 0 Å². The van der Waals surface area contributed by atoms with E-state index in [0.717, 1.165) is 5.76 Å². The molecule has 0 radical (unpaired) electrons. The first-order valence-electron chi connectivity index (χ1n) is 8.30. The quantitative estimate of drug-likeness (QED) is 0.237. The predicted molar refractivity (Wildman–Crippen MR) is 94.5 cm³/mol. The van der Waals surface area contributed by atoms with Crippen LogP contribution >= 0.6 is 0 Å². The Morgan fingerprint density at radius 3 is 1.68 bits per heavy atom. The SMILES string of the molecule is CCOC/C=C(\O[Si](C(C)C)(C(C)C)C(C)C)C(OC)OC. The fraction of sp³-hybridized carbons (Fsp3) is 0.882. The van der Waals surface area contributed by atoms with Gasteiger partial charge >= 0.3 is 0 Å². The molecule has 22 heavy (non-hydrogen) atoms. The van der Waals surface area contributed by atoms with Gasteiger partial charge in [-0.1, -0.05) is 41.5 Å². The normalized spacial score (nSPS) is 13.8. The summed E-state index contributed by atoms with van der Waals surface area (Å²) < 4.78 is 23.0. The van der Waals surface area contributed by atoms with Crippen LogP contribution in [0.25, 0.3) is 0 Å². The maximum Gasteiger partial charge on any atom is 0.258 e. The van der Waals surface area contributed by atoms with Crippen molar-refractivity contribution in [1.29, 1.82) is 0 Å². The highest BCUT2D eigenvalue weighted by Gasteiger charge is 2.48. The van der Waals surface area contributed by atoms with Gasteiger partial charge in [-0.2, -0.15) is 0 Å². The number of hydrogen-bond donors (Lipinski definition) is 0. The molecule has 132 valence electrons. The summed E-state index contributed by atoms with van der Waals surface area (Å²) in [6.07, 6.45) is 1.47. The first kappa shape index (κ1) is 21.6. The van der Waals surface area contributed by atoms with Gasteiger partial charge < -0.3 is 18.6 Å². The van der Waals surface area contributed by atoms with Crippen LogP contribution in [0.5, 0.6) is 0 Å². The molecular formula is C17H36O4Si. The van der Waals surface area contributed by atoms with Crippen molar-refractivity contribution in [2.24, 2.45) is 0 Å². The molecule has 0 aliphatic carbocycles. The molecule has 0 aromatic carbocycles. The zero-order valence-corrected chi connectivity index (χ0v) is 16.9. The highest BCUT2D eigenvalue weighted by Crippen LogP contribution is 2.44. The summed E-state index contributed by atoms with van der Waals surface area (Å²) in [6.45, 7) is 16.8. The predicted octanol–water partition coefficient (Wildman–Crippen LogP) is 4.72. The number of rotatable bonds is 11. The van der Waals surface area contributed by atoms with Gasteiger partial charge in [-0.3, -0.25) is 0 Å². The van der Waals surface area contributed by atoms with Crippen LogP contribution in [-0.4, -0.2) is 42.0 Å². The molecule has 5 heteroatoms. The summed E-state index contributed by atoms with van der Waals surface area (Å²) in [7, 11) is 1.24. The lowest BCUT2D eigenvalue weighted by molar-refractivity contribution is -0.0954. The van der Waals surface area contributed by atoms with E-state index in [4.69, 9.17) is 18.6 Å². The van der Waals surface area contributed by atoms with E-state index in [1.807, 2.05) is 13.0 Å². The van der Waals surface area contributed by atoms with Crippen LogP contribution < -0.4 is 0 Å².